The van der Waals surface area contributed by atoms with Crippen LogP contribution in [0.3, 0.4) is 0 Å². The maximum absolute atomic E-state index is 13.6. The number of aromatic nitrogens is 1. The Morgan fingerprint density at radius 2 is 2.14 bits per heavy atom. The van der Waals surface area contributed by atoms with Gasteiger partial charge >= 0.3 is 0 Å². The Labute approximate surface area is 126 Å². The fourth-order valence-corrected chi connectivity index (χ4v) is 2.88. The molecule has 1 aromatic carbocycles. The van der Waals surface area contributed by atoms with E-state index in [1.54, 1.807) is 31.2 Å². The fourth-order valence-electron chi connectivity index (χ4n) is 1.89. The van der Waals surface area contributed by atoms with Crippen LogP contribution >= 0.6 is 11.8 Å². The van der Waals surface area contributed by atoms with E-state index in [4.69, 9.17) is 0 Å². The van der Waals surface area contributed by atoms with Crippen molar-refractivity contribution in [2.45, 2.75) is 24.6 Å². The Hall–Kier alpha value is -2.19. The Morgan fingerprint density at radius 3 is 2.76 bits per heavy atom. The van der Waals surface area contributed by atoms with Crippen molar-refractivity contribution in [3.05, 3.63) is 58.5 Å². The number of pyridine rings is 1. The molecule has 21 heavy (non-hydrogen) atoms. The number of halogens is 1. The minimum absolute atomic E-state index is 0.123. The van der Waals surface area contributed by atoms with Crippen molar-refractivity contribution in [2.75, 3.05) is 0 Å². The third-order valence-electron chi connectivity index (χ3n) is 3.00. The van der Waals surface area contributed by atoms with E-state index < -0.39 is 0 Å². The van der Waals surface area contributed by atoms with Crippen molar-refractivity contribution in [3.63, 3.8) is 0 Å². The van der Waals surface area contributed by atoms with E-state index in [1.165, 1.54) is 24.8 Å². The van der Waals surface area contributed by atoms with Gasteiger partial charge in [0.2, 0.25) is 0 Å². The van der Waals surface area contributed by atoms with Crippen LogP contribution in [0.4, 0.5) is 4.39 Å². The first-order valence-corrected chi connectivity index (χ1v) is 7.30. The number of rotatable bonds is 4. The molecule has 0 unspecified atom stereocenters. The third kappa shape index (κ3) is 3.47. The molecule has 0 aliphatic carbocycles. The summed E-state index contributed by atoms with van der Waals surface area (Å²) in [6, 6.07) is 10.1. The lowest BCUT2D eigenvalue weighted by molar-refractivity contribution is 0.101. The molecule has 2 rings (SSSR count). The van der Waals surface area contributed by atoms with Crippen molar-refractivity contribution in [1.82, 2.24) is 4.98 Å². The molecule has 0 amide bonds. The molecule has 0 spiro atoms. The molecule has 0 saturated carbocycles. The predicted molar refractivity (Wildman–Crippen MR) is 79.7 cm³/mol. The highest BCUT2D eigenvalue weighted by Crippen LogP contribution is 2.27. The van der Waals surface area contributed by atoms with Crippen molar-refractivity contribution in [1.29, 1.82) is 5.26 Å². The summed E-state index contributed by atoms with van der Waals surface area (Å²) in [4.78, 5) is 15.8. The summed E-state index contributed by atoms with van der Waals surface area (Å²) in [5, 5.41) is 9.70. The zero-order valence-corrected chi connectivity index (χ0v) is 12.5. The molecular formula is C16H13FN2OS. The minimum Gasteiger partial charge on any atom is -0.294 e. The maximum Gasteiger partial charge on any atom is 0.161 e. The van der Waals surface area contributed by atoms with E-state index in [2.05, 4.69) is 4.98 Å². The lowest BCUT2D eigenvalue weighted by atomic mass is 10.1. The number of Topliss-reactive ketones (excluding diaryl/α,β-unsaturated/α-hetero) is 1. The maximum atomic E-state index is 13.6. The minimum atomic E-state index is -0.277. The summed E-state index contributed by atoms with van der Waals surface area (Å²) in [5.41, 5.74) is 1.92. The number of carbonyl (C=O) groups excluding carboxylic acids is 1. The molecule has 0 radical (unpaired) electrons. The van der Waals surface area contributed by atoms with Crippen molar-refractivity contribution in [2.24, 2.45) is 0 Å². The number of aryl methyl sites for hydroxylation is 1. The number of hydrogen-bond donors (Lipinski definition) is 0. The van der Waals surface area contributed by atoms with Gasteiger partial charge in [0, 0.05) is 17.0 Å². The molecule has 1 heterocycles. The smallest absolute Gasteiger partial charge is 0.161 e. The molecular weight excluding hydrogens is 287 g/mol. The lowest BCUT2D eigenvalue weighted by Gasteiger charge is -2.08. The quantitative estimate of drug-likeness (QED) is 0.635. The predicted octanol–water partition coefficient (Wildman–Crippen LogP) is 3.90. The fraction of sp³-hybridized carbons (Fsp3) is 0.188. The molecule has 0 saturated heterocycles. The average molecular weight is 300 g/mol. The summed E-state index contributed by atoms with van der Waals surface area (Å²) in [7, 11) is 0. The van der Waals surface area contributed by atoms with Gasteiger partial charge in [0.1, 0.15) is 16.9 Å². The Bertz CT molecular complexity index is 738. The first-order chi connectivity index (χ1) is 10.0. The van der Waals surface area contributed by atoms with Gasteiger partial charge in [-0.1, -0.05) is 18.2 Å². The SMILES string of the molecule is CC(=O)c1cc(C#N)c(SCc2ccccc2F)nc1C. The third-order valence-corrected chi connectivity index (χ3v) is 4.04. The first kappa shape index (κ1) is 15.2. The highest BCUT2D eigenvalue weighted by Gasteiger charge is 2.13. The zero-order chi connectivity index (χ0) is 15.4. The summed E-state index contributed by atoms with van der Waals surface area (Å²) in [6.45, 7) is 3.17. The highest BCUT2D eigenvalue weighted by molar-refractivity contribution is 7.98. The molecule has 1 aromatic heterocycles. The van der Waals surface area contributed by atoms with Gasteiger partial charge < -0.3 is 0 Å². The number of hydrogen-bond acceptors (Lipinski definition) is 4. The van der Waals surface area contributed by atoms with Gasteiger partial charge in [-0.05, 0) is 31.5 Å². The molecule has 0 atom stereocenters. The molecule has 0 aliphatic rings. The zero-order valence-electron chi connectivity index (χ0n) is 11.7. The van der Waals surface area contributed by atoms with E-state index in [0.29, 0.717) is 33.2 Å². The number of thioether (sulfide) groups is 1. The monoisotopic (exact) mass is 300 g/mol. The van der Waals surface area contributed by atoms with E-state index in [-0.39, 0.29) is 11.6 Å². The van der Waals surface area contributed by atoms with Crippen LogP contribution in [0.5, 0.6) is 0 Å². The number of ketones is 1. The van der Waals surface area contributed by atoms with Crippen LogP contribution in [-0.4, -0.2) is 10.8 Å². The molecule has 0 N–H and O–H groups in total. The van der Waals surface area contributed by atoms with Gasteiger partial charge in [-0.15, -0.1) is 11.8 Å². The number of benzene rings is 1. The molecule has 0 fully saturated rings. The van der Waals surface area contributed by atoms with Gasteiger partial charge in [0.15, 0.2) is 5.78 Å². The van der Waals surface area contributed by atoms with Crippen LogP contribution in [0.15, 0.2) is 35.4 Å². The molecule has 0 aliphatic heterocycles. The van der Waals surface area contributed by atoms with Crippen LogP contribution < -0.4 is 0 Å². The van der Waals surface area contributed by atoms with Gasteiger partial charge in [0.25, 0.3) is 0 Å². The van der Waals surface area contributed by atoms with Crippen LogP contribution in [0.25, 0.3) is 0 Å². The van der Waals surface area contributed by atoms with Gasteiger partial charge in [-0.3, -0.25) is 4.79 Å². The van der Waals surface area contributed by atoms with Crippen LogP contribution in [-0.2, 0) is 5.75 Å². The van der Waals surface area contributed by atoms with Gasteiger partial charge in [-0.25, -0.2) is 9.37 Å². The van der Waals surface area contributed by atoms with Crippen LogP contribution in [0.1, 0.15) is 34.1 Å². The van der Waals surface area contributed by atoms with Gasteiger partial charge in [0.05, 0.1) is 5.56 Å². The second-order valence-electron chi connectivity index (χ2n) is 4.52. The summed E-state index contributed by atoms with van der Waals surface area (Å²) in [5.74, 6) is -0.0181. The first-order valence-electron chi connectivity index (χ1n) is 6.31. The summed E-state index contributed by atoms with van der Waals surface area (Å²) < 4.78 is 13.6. The van der Waals surface area contributed by atoms with E-state index in [1.807, 2.05) is 6.07 Å². The second kappa shape index (κ2) is 6.51. The molecule has 2 aromatic rings. The van der Waals surface area contributed by atoms with E-state index in [0.717, 1.165) is 0 Å². The topological polar surface area (TPSA) is 53.8 Å². The lowest BCUT2D eigenvalue weighted by Crippen LogP contribution is -2.02. The Balaban J connectivity index is 2.29. The number of nitriles is 1. The standard InChI is InChI=1S/C16H13FN2OS/c1-10-14(11(2)20)7-13(8-18)16(19-10)21-9-12-5-3-4-6-15(12)17/h3-7H,9H2,1-2H3. The summed E-state index contributed by atoms with van der Waals surface area (Å²) in [6.07, 6.45) is 0. The summed E-state index contributed by atoms with van der Waals surface area (Å²) >= 11 is 1.29. The largest absolute Gasteiger partial charge is 0.294 e. The van der Waals surface area contributed by atoms with E-state index in [9.17, 15) is 14.4 Å². The molecule has 106 valence electrons. The molecule has 0 bridgehead atoms. The number of carbonyl (C=O) groups is 1. The van der Waals surface area contributed by atoms with Crippen LogP contribution in [0, 0.1) is 24.1 Å². The van der Waals surface area contributed by atoms with Crippen molar-refractivity contribution < 1.29 is 9.18 Å². The average Bonchev–Trinajstić information content (AvgIpc) is 2.46. The Kier molecular flexibility index (Phi) is 4.71. The Morgan fingerprint density at radius 1 is 1.43 bits per heavy atom. The molecule has 3 nitrogen and oxygen atoms in total. The normalized spacial score (nSPS) is 10.2. The van der Waals surface area contributed by atoms with Crippen LogP contribution in [0.2, 0.25) is 0 Å². The van der Waals surface area contributed by atoms with Crippen molar-refractivity contribution in [3.8, 4) is 6.07 Å². The highest BCUT2D eigenvalue weighted by atomic mass is 32.2. The molecule has 5 heteroatoms. The van der Waals surface area contributed by atoms with Crippen molar-refractivity contribution >= 4 is 17.5 Å². The van der Waals surface area contributed by atoms with E-state index >= 15 is 0 Å². The number of nitrogens with zero attached hydrogens (tertiary/aromatic N) is 2. The second-order valence-corrected chi connectivity index (χ2v) is 5.49. The van der Waals surface area contributed by atoms with Gasteiger partial charge in [-0.2, -0.15) is 5.26 Å².